The van der Waals surface area contributed by atoms with E-state index in [1.54, 1.807) is 0 Å². The van der Waals surface area contributed by atoms with Crippen LogP contribution in [0.25, 0.3) is 0 Å². The van der Waals surface area contributed by atoms with Crippen molar-refractivity contribution < 1.29 is 4.74 Å². The summed E-state index contributed by atoms with van der Waals surface area (Å²) in [6.45, 7) is 5.35. The summed E-state index contributed by atoms with van der Waals surface area (Å²) in [5.41, 5.74) is 0. The Morgan fingerprint density at radius 2 is 1.73 bits per heavy atom. The molecule has 2 heteroatoms. The fourth-order valence-corrected chi connectivity index (χ4v) is 1.66. The molecule has 0 unspecified atom stereocenters. The number of ether oxygens (including phenoxy) is 1. The highest BCUT2D eigenvalue weighted by Gasteiger charge is 2.19. The van der Waals surface area contributed by atoms with Crippen LogP contribution in [0.15, 0.2) is 0 Å². The second kappa shape index (κ2) is 9.17. The van der Waals surface area contributed by atoms with Crippen molar-refractivity contribution in [3.8, 4) is 0 Å². The maximum absolute atomic E-state index is 5.58. The first kappa shape index (κ1) is 13.0. The van der Waals surface area contributed by atoms with E-state index in [4.69, 9.17) is 4.74 Å². The molecular weight excluding hydrogens is 186 g/mol. The van der Waals surface area contributed by atoms with Crippen molar-refractivity contribution in [3.05, 3.63) is 0 Å². The Morgan fingerprint density at radius 1 is 1.00 bits per heavy atom. The highest BCUT2D eigenvalue weighted by atomic mass is 16.5. The molecule has 1 aliphatic rings. The molecule has 0 bridgehead atoms. The summed E-state index contributed by atoms with van der Waals surface area (Å²) in [7, 11) is 0. The Hall–Kier alpha value is -0.0800. The van der Waals surface area contributed by atoms with Gasteiger partial charge in [-0.05, 0) is 38.6 Å². The normalized spacial score (nSPS) is 15.8. The Morgan fingerprint density at radius 3 is 2.40 bits per heavy atom. The molecule has 0 heterocycles. The van der Waals surface area contributed by atoms with Crippen LogP contribution in [0.1, 0.15) is 58.3 Å². The van der Waals surface area contributed by atoms with Gasteiger partial charge in [-0.2, -0.15) is 0 Å². The fraction of sp³-hybridized carbons (Fsp3) is 1.00. The summed E-state index contributed by atoms with van der Waals surface area (Å²) in [4.78, 5) is 0. The van der Waals surface area contributed by atoms with Crippen LogP contribution in [0, 0.1) is 0 Å². The lowest BCUT2D eigenvalue weighted by atomic mass is 10.2. The van der Waals surface area contributed by atoms with Crippen LogP contribution >= 0.6 is 0 Å². The van der Waals surface area contributed by atoms with Gasteiger partial charge in [0.05, 0.1) is 0 Å². The van der Waals surface area contributed by atoms with Crippen LogP contribution in [-0.2, 0) is 4.74 Å². The standard InChI is InChI=1S/C13H27NO/c1-2-3-4-6-11-15-12-7-5-10-14-13-8-9-13/h13-14H,2-12H2,1H3. The van der Waals surface area contributed by atoms with Crippen LogP contribution in [0.4, 0.5) is 0 Å². The van der Waals surface area contributed by atoms with Crippen LogP contribution in [0.3, 0.4) is 0 Å². The van der Waals surface area contributed by atoms with Crippen molar-refractivity contribution in [2.45, 2.75) is 64.3 Å². The van der Waals surface area contributed by atoms with Gasteiger partial charge in [0, 0.05) is 19.3 Å². The Bertz CT molecular complexity index is 134. The molecule has 90 valence electrons. The molecule has 0 spiro atoms. The molecule has 0 aromatic carbocycles. The molecule has 0 atom stereocenters. The molecule has 15 heavy (non-hydrogen) atoms. The quantitative estimate of drug-likeness (QED) is 0.532. The second-order valence-electron chi connectivity index (χ2n) is 4.61. The van der Waals surface area contributed by atoms with Crippen molar-refractivity contribution in [1.82, 2.24) is 5.32 Å². The first-order chi connectivity index (χ1) is 7.43. The lowest BCUT2D eigenvalue weighted by molar-refractivity contribution is 0.126. The van der Waals surface area contributed by atoms with E-state index in [0.29, 0.717) is 0 Å². The van der Waals surface area contributed by atoms with E-state index >= 15 is 0 Å². The molecule has 2 nitrogen and oxygen atoms in total. The van der Waals surface area contributed by atoms with Gasteiger partial charge < -0.3 is 10.1 Å². The summed E-state index contributed by atoms with van der Waals surface area (Å²) in [6, 6.07) is 0.861. The number of nitrogens with one attached hydrogen (secondary N) is 1. The zero-order valence-electron chi connectivity index (χ0n) is 10.3. The molecule has 0 aromatic rings. The van der Waals surface area contributed by atoms with E-state index in [1.165, 1.54) is 57.9 Å². The Balaban J connectivity index is 1.62. The predicted octanol–water partition coefficient (Wildman–Crippen LogP) is 3.12. The van der Waals surface area contributed by atoms with Gasteiger partial charge in [-0.3, -0.25) is 0 Å². The van der Waals surface area contributed by atoms with Crippen molar-refractivity contribution in [2.75, 3.05) is 19.8 Å². The minimum atomic E-state index is 0.861. The molecule has 0 saturated heterocycles. The van der Waals surface area contributed by atoms with E-state index < -0.39 is 0 Å². The van der Waals surface area contributed by atoms with Gasteiger partial charge in [0.1, 0.15) is 0 Å². The maximum atomic E-state index is 5.58. The summed E-state index contributed by atoms with van der Waals surface area (Å²) in [5.74, 6) is 0. The van der Waals surface area contributed by atoms with Gasteiger partial charge >= 0.3 is 0 Å². The first-order valence-corrected chi connectivity index (χ1v) is 6.74. The van der Waals surface area contributed by atoms with Gasteiger partial charge in [0.25, 0.3) is 0 Å². The maximum Gasteiger partial charge on any atom is 0.0466 e. The molecule has 1 fully saturated rings. The van der Waals surface area contributed by atoms with E-state index in [-0.39, 0.29) is 0 Å². The molecule has 1 N–H and O–H groups in total. The topological polar surface area (TPSA) is 21.3 Å². The van der Waals surface area contributed by atoms with Gasteiger partial charge in [0.15, 0.2) is 0 Å². The highest BCUT2D eigenvalue weighted by molar-refractivity contribution is 4.80. The Labute approximate surface area is 94.8 Å². The zero-order valence-corrected chi connectivity index (χ0v) is 10.3. The average Bonchev–Trinajstić information content (AvgIpc) is 3.05. The van der Waals surface area contributed by atoms with Gasteiger partial charge in [-0.25, -0.2) is 0 Å². The molecule has 1 rings (SSSR count). The molecular formula is C13H27NO. The lowest BCUT2D eigenvalue weighted by Gasteiger charge is -2.04. The first-order valence-electron chi connectivity index (χ1n) is 6.74. The summed E-state index contributed by atoms with van der Waals surface area (Å²) in [5, 5.41) is 3.52. The molecule has 0 aromatic heterocycles. The second-order valence-corrected chi connectivity index (χ2v) is 4.61. The SMILES string of the molecule is CCCCCCOCCCCNC1CC1. The third-order valence-electron chi connectivity index (χ3n) is 2.87. The summed E-state index contributed by atoms with van der Waals surface area (Å²) < 4.78 is 5.58. The Kier molecular flexibility index (Phi) is 7.94. The van der Waals surface area contributed by atoms with Gasteiger partial charge in [0.2, 0.25) is 0 Å². The molecule has 1 saturated carbocycles. The average molecular weight is 213 g/mol. The van der Waals surface area contributed by atoms with Gasteiger partial charge in [-0.15, -0.1) is 0 Å². The van der Waals surface area contributed by atoms with Crippen molar-refractivity contribution in [1.29, 1.82) is 0 Å². The largest absolute Gasteiger partial charge is 0.381 e. The minimum Gasteiger partial charge on any atom is -0.381 e. The lowest BCUT2D eigenvalue weighted by Crippen LogP contribution is -2.17. The summed E-state index contributed by atoms with van der Waals surface area (Å²) in [6.07, 6.45) is 10.5. The van der Waals surface area contributed by atoms with Crippen molar-refractivity contribution in [3.63, 3.8) is 0 Å². The molecule has 1 aliphatic carbocycles. The third kappa shape index (κ3) is 8.88. The van der Waals surface area contributed by atoms with E-state index in [2.05, 4.69) is 12.2 Å². The minimum absolute atomic E-state index is 0.861. The van der Waals surface area contributed by atoms with Crippen molar-refractivity contribution >= 4 is 0 Å². The number of hydrogen-bond donors (Lipinski definition) is 1. The van der Waals surface area contributed by atoms with Crippen molar-refractivity contribution in [2.24, 2.45) is 0 Å². The van der Waals surface area contributed by atoms with E-state index in [1.807, 2.05) is 0 Å². The molecule has 0 amide bonds. The number of rotatable bonds is 11. The van der Waals surface area contributed by atoms with Gasteiger partial charge in [-0.1, -0.05) is 26.2 Å². The predicted molar refractivity (Wildman–Crippen MR) is 65.2 cm³/mol. The third-order valence-corrected chi connectivity index (χ3v) is 2.87. The fourth-order valence-electron chi connectivity index (χ4n) is 1.66. The number of hydrogen-bond acceptors (Lipinski definition) is 2. The van der Waals surface area contributed by atoms with E-state index in [9.17, 15) is 0 Å². The van der Waals surface area contributed by atoms with Crippen LogP contribution in [0.2, 0.25) is 0 Å². The monoisotopic (exact) mass is 213 g/mol. The number of unbranched alkanes of at least 4 members (excludes halogenated alkanes) is 4. The molecule has 0 aliphatic heterocycles. The van der Waals surface area contributed by atoms with Crippen LogP contribution < -0.4 is 5.32 Å². The smallest absolute Gasteiger partial charge is 0.0466 e. The highest BCUT2D eigenvalue weighted by Crippen LogP contribution is 2.18. The van der Waals surface area contributed by atoms with E-state index in [0.717, 1.165) is 19.3 Å². The van der Waals surface area contributed by atoms with Crippen LogP contribution in [0.5, 0.6) is 0 Å². The summed E-state index contributed by atoms with van der Waals surface area (Å²) >= 11 is 0. The van der Waals surface area contributed by atoms with Crippen LogP contribution in [-0.4, -0.2) is 25.8 Å². The molecule has 0 radical (unpaired) electrons. The zero-order chi connectivity index (χ0) is 10.8.